The Morgan fingerprint density at radius 3 is 2.62 bits per heavy atom. The summed E-state index contributed by atoms with van der Waals surface area (Å²) >= 11 is 0. The third kappa shape index (κ3) is 3.80. The van der Waals surface area contributed by atoms with Crippen LogP contribution in [0.1, 0.15) is 33.6 Å². The molecule has 1 aromatic carbocycles. The van der Waals surface area contributed by atoms with Crippen LogP contribution in [0.15, 0.2) is 18.2 Å². The summed E-state index contributed by atoms with van der Waals surface area (Å²) in [5.74, 6) is 0.688. The lowest BCUT2D eigenvalue weighted by Gasteiger charge is -2.26. The van der Waals surface area contributed by atoms with Crippen LogP contribution in [0, 0.1) is 5.92 Å². The average Bonchev–Trinajstić information content (AvgIpc) is 2.95. The van der Waals surface area contributed by atoms with Crippen LogP contribution >= 0.6 is 0 Å². The topological polar surface area (TPSA) is 67.9 Å². The minimum absolute atomic E-state index is 0.0837. The molecule has 1 aromatic rings. The Bertz CT molecular complexity index is 627. The number of carbonyl (C=O) groups is 2. The van der Waals surface area contributed by atoms with E-state index in [0.717, 1.165) is 6.42 Å². The zero-order valence-electron chi connectivity index (χ0n) is 15.0. The zero-order valence-corrected chi connectivity index (χ0v) is 15.0. The maximum Gasteiger partial charge on any atom is 0.227 e. The van der Waals surface area contributed by atoms with Crippen LogP contribution in [0.3, 0.4) is 0 Å². The molecule has 0 spiro atoms. The zero-order chi connectivity index (χ0) is 17.9. The van der Waals surface area contributed by atoms with Gasteiger partial charge in [-0.3, -0.25) is 9.59 Å². The van der Waals surface area contributed by atoms with Gasteiger partial charge in [0.05, 0.1) is 25.8 Å². The molecule has 1 fully saturated rings. The van der Waals surface area contributed by atoms with Gasteiger partial charge in [-0.05, 0) is 32.4 Å². The summed E-state index contributed by atoms with van der Waals surface area (Å²) in [5.41, 5.74) is 0.355. The van der Waals surface area contributed by atoms with E-state index in [2.05, 4.69) is 5.32 Å². The molecule has 24 heavy (non-hydrogen) atoms. The Hall–Kier alpha value is -2.24. The van der Waals surface area contributed by atoms with Crippen molar-refractivity contribution in [1.82, 2.24) is 5.32 Å². The second-order valence-corrected chi connectivity index (χ2v) is 6.67. The summed E-state index contributed by atoms with van der Waals surface area (Å²) in [6, 6.07) is 5.29. The molecule has 2 rings (SSSR count). The number of amides is 2. The minimum Gasteiger partial charge on any atom is -0.497 e. The van der Waals surface area contributed by atoms with Crippen molar-refractivity contribution < 1.29 is 19.1 Å². The first-order valence-electron chi connectivity index (χ1n) is 8.15. The van der Waals surface area contributed by atoms with E-state index in [1.54, 1.807) is 37.3 Å². The van der Waals surface area contributed by atoms with Crippen LogP contribution in [-0.2, 0) is 9.59 Å². The summed E-state index contributed by atoms with van der Waals surface area (Å²) < 4.78 is 10.6. The van der Waals surface area contributed by atoms with Gasteiger partial charge in [-0.15, -0.1) is 0 Å². The largest absolute Gasteiger partial charge is 0.497 e. The Balaban J connectivity index is 2.20. The molecule has 1 aliphatic rings. The van der Waals surface area contributed by atoms with Gasteiger partial charge in [0.1, 0.15) is 11.5 Å². The SMILES string of the molecule is CCC(C)(C)NC(=O)[C@@H]1CC(=O)N(c2cc(OC)ccc2OC)C1. The van der Waals surface area contributed by atoms with E-state index in [1.165, 1.54) is 0 Å². The minimum atomic E-state index is -0.362. The van der Waals surface area contributed by atoms with Gasteiger partial charge < -0.3 is 19.7 Å². The first kappa shape index (κ1) is 18.1. The van der Waals surface area contributed by atoms with Crippen molar-refractivity contribution in [2.24, 2.45) is 5.92 Å². The van der Waals surface area contributed by atoms with Crippen molar-refractivity contribution >= 4 is 17.5 Å². The molecule has 0 bridgehead atoms. The molecule has 1 atom stereocenters. The van der Waals surface area contributed by atoms with Crippen LogP contribution in [-0.4, -0.2) is 38.1 Å². The monoisotopic (exact) mass is 334 g/mol. The maximum absolute atomic E-state index is 12.5. The van der Waals surface area contributed by atoms with Crippen molar-refractivity contribution in [3.8, 4) is 11.5 Å². The molecule has 1 aliphatic heterocycles. The molecule has 2 amide bonds. The first-order chi connectivity index (χ1) is 11.3. The molecular weight excluding hydrogens is 308 g/mol. The van der Waals surface area contributed by atoms with Crippen LogP contribution in [0.5, 0.6) is 11.5 Å². The highest BCUT2D eigenvalue weighted by Crippen LogP contribution is 2.36. The summed E-state index contributed by atoms with van der Waals surface area (Å²) in [7, 11) is 3.13. The second-order valence-electron chi connectivity index (χ2n) is 6.67. The number of ether oxygens (including phenoxy) is 2. The fourth-order valence-corrected chi connectivity index (χ4v) is 2.65. The van der Waals surface area contributed by atoms with Crippen LogP contribution in [0.2, 0.25) is 0 Å². The van der Waals surface area contributed by atoms with Crippen molar-refractivity contribution in [1.29, 1.82) is 0 Å². The normalized spacial score (nSPS) is 17.8. The lowest BCUT2D eigenvalue weighted by Crippen LogP contribution is -2.46. The lowest BCUT2D eigenvalue weighted by atomic mass is 9.99. The number of carbonyl (C=O) groups excluding carboxylic acids is 2. The van der Waals surface area contributed by atoms with E-state index in [4.69, 9.17) is 9.47 Å². The highest BCUT2D eigenvalue weighted by Gasteiger charge is 2.37. The Labute approximate surface area is 143 Å². The van der Waals surface area contributed by atoms with Gasteiger partial charge in [0, 0.05) is 24.6 Å². The number of nitrogens with one attached hydrogen (secondary N) is 1. The van der Waals surface area contributed by atoms with E-state index in [9.17, 15) is 9.59 Å². The third-order valence-electron chi connectivity index (χ3n) is 4.52. The summed E-state index contributed by atoms with van der Waals surface area (Å²) in [4.78, 5) is 26.5. The van der Waals surface area contributed by atoms with Gasteiger partial charge in [-0.25, -0.2) is 0 Å². The highest BCUT2D eigenvalue weighted by atomic mass is 16.5. The van der Waals surface area contributed by atoms with E-state index in [-0.39, 0.29) is 29.7 Å². The Kier molecular flexibility index (Phi) is 5.36. The van der Waals surface area contributed by atoms with Crippen LogP contribution in [0.25, 0.3) is 0 Å². The first-order valence-corrected chi connectivity index (χ1v) is 8.15. The number of benzene rings is 1. The quantitative estimate of drug-likeness (QED) is 0.867. The van der Waals surface area contributed by atoms with Crippen molar-refractivity contribution in [2.45, 2.75) is 39.2 Å². The number of hydrogen-bond donors (Lipinski definition) is 1. The van der Waals surface area contributed by atoms with Gasteiger partial charge in [0.15, 0.2) is 0 Å². The smallest absolute Gasteiger partial charge is 0.227 e. The molecule has 0 aromatic heterocycles. The molecule has 1 saturated heterocycles. The average molecular weight is 334 g/mol. The Morgan fingerprint density at radius 2 is 2.04 bits per heavy atom. The second kappa shape index (κ2) is 7.11. The predicted octanol–water partition coefficient (Wildman–Crippen LogP) is 2.36. The van der Waals surface area contributed by atoms with Gasteiger partial charge in [-0.1, -0.05) is 6.92 Å². The highest BCUT2D eigenvalue weighted by molar-refractivity contribution is 6.01. The molecule has 0 radical (unpaired) electrons. The summed E-state index contributed by atoms with van der Waals surface area (Å²) in [6.45, 7) is 6.32. The molecule has 6 nitrogen and oxygen atoms in total. The van der Waals surface area contributed by atoms with Crippen molar-refractivity contribution in [3.63, 3.8) is 0 Å². The van der Waals surface area contributed by atoms with Gasteiger partial charge in [0.25, 0.3) is 0 Å². The number of nitrogens with zero attached hydrogens (tertiary/aromatic N) is 1. The van der Waals surface area contributed by atoms with Crippen LogP contribution in [0.4, 0.5) is 5.69 Å². The van der Waals surface area contributed by atoms with Gasteiger partial charge in [-0.2, -0.15) is 0 Å². The fourth-order valence-electron chi connectivity index (χ4n) is 2.65. The summed E-state index contributed by atoms with van der Waals surface area (Å²) in [6.07, 6.45) is 1.03. The van der Waals surface area contributed by atoms with E-state index >= 15 is 0 Å². The molecule has 6 heteroatoms. The summed E-state index contributed by atoms with van der Waals surface area (Å²) in [5, 5.41) is 3.02. The molecule has 132 valence electrons. The molecular formula is C18H26N2O4. The van der Waals surface area contributed by atoms with Crippen LogP contribution < -0.4 is 19.7 Å². The van der Waals surface area contributed by atoms with Crippen molar-refractivity contribution in [3.05, 3.63) is 18.2 Å². The number of methoxy groups -OCH3 is 2. The molecule has 0 unspecified atom stereocenters. The number of anilines is 1. The predicted molar refractivity (Wildman–Crippen MR) is 92.5 cm³/mol. The van der Waals surface area contributed by atoms with Gasteiger partial charge in [0.2, 0.25) is 11.8 Å². The number of rotatable bonds is 6. The third-order valence-corrected chi connectivity index (χ3v) is 4.52. The van der Waals surface area contributed by atoms with E-state index in [0.29, 0.717) is 23.7 Å². The number of hydrogen-bond acceptors (Lipinski definition) is 4. The molecule has 1 heterocycles. The standard InChI is InChI=1S/C18H26N2O4/c1-6-18(2,3)19-17(22)12-9-16(21)20(11-12)14-10-13(23-4)7-8-15(14)24-5/h7-8,10,12H,6,9,11H2,1-5H3,(H,19,22)/t12-/m1/s1. The molecule has 0 saturated carbocycles. The van der Waals surface area contributed by atoms with E-state index in [1.807, 2.05) is 20.8 Å². The molecule has 0 aliphatic carbocycles. The fraction of sp³-hybridized carbons (Fsp3) is 0.556. The van der Waals surface area contributed by atoms with Crippen molar-refractivity contribution in [2.75, 3.05) is 25.7 Å². The van der Waals surface area contributed by atoms with E-state index < -0.39 is 0 Å². The Morgan fingerprint density at radius 1 is 1.33 bits per heavy atom. The lowest BCUT2D eigenvalue weighted by molar-refractivity contribution is -0.127. The maximum atomic E-state index is 12.5. The molecule has 1 N–H and O–H groups in total. The van der Waals surface area contributed by atoms with Gasteiger partial charge >= 0.3 is 0 Å².